The summed E-state index contributed by atoms with van der Waals surface area (Å²) in [7, 11) is 3.26. The second-order valence-corrected chi connectivity index (χ2v) is 4.70. The average Bonchev–Trinajstić information content (AvgIpc) is 2.66. The summed E-state index contributed by atoms with van der Waals surface area (Å²) in [6.45, 7) is 2.64. The standard InChI is InChI=1S/C11H18N2O3S/c1-7(14)11-9(12)4-10(17-11)13-5-8(16-3)6-15-2/h4,8,13H,5-6,12H2,1-3H3. The van der Waals surface area contributed by atoms with Crippen molar-refractivity contribution >= 4 is 27.8 Å². The number of nitrogens with two attached hydrogens (primary N) is 1. The minimum absolute atomic E-state index is 0.0132. The largest absolute Gasteiger partial charge is 0.397 e. The first-order valence-electron chi connectivity index (χ1n) is 5.24. The Labute approximate surface area is 105 Å². The van der Waals surface area contributed by atoms with Crippen molar-refractivity contribution in [3.63, 3.8) is 0 Å². The molecule has 5 nitrogen and oxygen atoms in total. The zero-order valence-electron chi connectivity index (χ0n) is 10.3. The van der Waals surface area contributed by atoms with Crippen LogP contribution in [0.15, 0.2) is 6.07 Å². The number of carbonyl (C=O) groups excluding carboxylic acids is 1. The number of thiophene rings is 1. The van der Waals surface area contributed by atoms with Gasteiger partial charge < -0.3 is 20.5 Å². The van der Waals surface area contributed by atoms with Gasteiger partial charge in [0.25, 0.3) is 0 Å². The minimum Gasteiger partial charge on any atom is -0.397 e. The van der Waals surface area contributed by atoms with Crippen molar-refractivity contribution in [2.24, 2.45) is 0 Å². The van der Waals surface area contributed by atoms with Crippen LogP contribution in [0.3, 0.4) is 0 Å². The van der Waals surface area contributed by atoms with Gasteiger partial charge in [-0.3, -0.25) is 4.79 Å². The van der Waals surface area contributed by atoms with Gasteiger partial charge in [0.15, 0.2) is 5.78 Å². The van der Waals surface area contributed by atoms with Crippen LogP contribution < -0.4 is 11.1 Å². The molecule has 0 aliphatic heterocycles. The Morgan fingerprint density at radius 2 is 2.29 bits per heavy atom. The van der Waals surface area contributed by atoms with Crippen molar-refractivity contribution < 1.29 is 14.3 Å². The van der Waals surface area contributed by atoms with E-state index in [9.17, 15) is 4.79 Å². The third kappa shape index (κ3) is 3.99. The topological polar surface area (TPSA) is 73.6 Å². The number of rotatable bonds is 7. The normalized spacial score (nSPS) is 12.4. The molecule has 0 fully saturated rings. The number of methoxy groups -OCH3 is 2. The number of nitrogens with one attached hydrogen (secondary N) is 1. The monoisotopic (exact) mass is 258 g/mol. The van der Waals surface area contributed by atoms with E-state index in [1.807, 2.05) is 0 Å². The van der Waals surface area contributed by atoms with E-state index in [4.69, 9.17) is 15.2 Å². The molecule has 0 aliphatic rings. The highest BCUT2D eigenvalue weighted by Crippen LogP contribution is 2.29. The van der Waals surface area contributed by atoms with Crippen molar-refractivity contribution in [2.75, 3.05) is 38.4 Å². The van der Waals surface area contributed by atoms with E-state index in [0.717, 1.165) is 5.00 Å². The Morgan fingerprint density at radius 1 is 1.59 bits per heavy atom. The molecule has 0 saturated carbocycles. The molecular formula is C11H18N2O3S. The first-order valence-corrected chi connectivity index (χ1v) is 6.06. The number of anilines is 2. The number of carbonyl (C=O) groups is 1. The minimum atomic E-state index is -0.0240. The van der Waals surface area contributed by atoms with E-state index in [0.29, 0.717) is 23.7 Å². The smallest absolute Gasteiger partial charge is 0.171 e. The molecule has 1 atom stereocenters. The molecule has 0 spiro atoms. The van der Waals surface area contributed by atoms with Crippen LogP contribution in [0.1, 0.15) is 16.6 Å². The molecule has 0 saturated heterocycles. The molecule has 0 aromatic carbocycles. The van der Waals surface area contributed by atoms with Crippen LogP contribution in [0, 0.1) is 0 Å². The van der Waals surface area contributed by atoms with Gasteiger partial charge in [-0.2, -0.15) is 0 Å². The lowest BCUT2D eigenvalue weighted by Crippen LogP contribution is -2.26. The highest BCUT2D eigenvalue weighted by Gasteiger charge is 2.12. The van der Waals surface area contributed by atoms with Gasteiger partial charge >= 0.3 is 0 Å². The molecule has 1 rings (SSSR count). The van der Waals surface area contributed by atoms with Crippen LogP contribution in [0.2, 0.25) is 0 Å². The lowest BCUT2D eigenvalue weighted by atomic mass is 10.3. The molecule has 0 bridgehead atoms. The fourth-order valence-electron chi connectivity index (χ4n) is 1.38. The number of ether oxygens (including phenoxy) is 2. The fraction of sp³-hybridized carbons (Fsp3) is 0.545. The predicted octanol–water partition coefficient (Wildman–Crippen LogP) is 1.61. The van der Waals surface area contributed by atoms with Gasteiger partial charge in [-0.05, 0) is 6.07 Å². The Bertz CT molecular complexity index is 379. The highest BCUT2D eigenvalue weighted by atomic mass is 32.1. The molecule has 96 valence electrons. The molecule has 6 heteroatoms. The van der Waals surface area contributed by atoms with Gasteiger partial charge in [0.2, 0.25) is 0 Å². The van der Waals surface area contributed by atoms with Crippen LogP contribution in [0.4, 0.5) is 10.7 Å². The number of hydrogen-bond donors (Lipinski definition) is 2. The van der Waals surface area contributed by atoms with Gasteiger partial charge in [0, 0.05) is 27.7 Å². The van der Waals surface area contributed by atoms with Crippen LogP contribution in [-0.4, -0.2) is 39.3 Å². The fourth-order valence-corrected chi connectivity index (χ4v) is 2.26. The van der Waals surface area contributed by atoms with E-state index >= 15 is 0 Å². The van der Waals surface area contributed by atoms with E-state index in [1.54, 1.807) is 20.3 Å². The summed E-state index contributed by atoms with van der Waals surface area (Å²) in [5.74, 6) is -0.0132. The Morgan fingerprint density at radius 3 is 2.76 bits per heavy atom. The summed E-state index contributed by atoms with van der Waals surface area (Å²) in [6, 6.07) is 1.76. The quantitative estimate of drug-likeness (QED) is 0.727. The number of hydrogen-bond acceptors (Lipinski definition) is 6. The molecular weight excluding hydrogens is 240 g/mol. The van der Waals surface area contributed by atoms with Gasteiger partial charge in [-0.15, -0.1) is 11.3 Å². The first-order chi connectivity index (χ1) is 8.08. The summed E-state index contributed by atoms with van der Waals surface area (Å²) in [4.78, 5) is 11.8. The zero-order valence-corrected chi connectivity index (χ0v) is 11.1. The first kappa shape index (κ1) is 14.0. The van der Waals surface area contributed by atoms with Gasteiger partial charge in [-0.25, -0.2) is 0 Å². The summed E-state index contributed by atoms with van der Waals surface area (Å²) in [5.41, 5.74) is 6.25. The molecule has 1 aromatic rings. The molecule has 0 aliphatic carbocycles. The number of nitrogen functional groups attached to an aromatic ring is 1. The van der Waals surface area contributed by atoms with E-state index in [-0.39, 0.29) is 11.9 Å². The maximum Gasteiger partial charge on any atom is 0.171 e. The highest BCUT2D eigenvalue weighted by molar-refractivity contribution is 7.18. The summed E-state index contributed by atoms with van der Waals surface area (Å²) >= 11 is 1.36. The van der Waals surface area contributed by atoms with Gasteiger partial charge in [0.05, 0.1) is 28.3 Å². The Kier molecular flexibility index (Phi) is 5.40. The average molecular weight is 258 g/mol. The molecule has 0 radical (unpaired) electrons. The predicted molar refractivity (Wildman–Crippen MR) is 69.9 cm³/mol. The summed E-state index contributed by atoms with van der Waals surface area (Å²) in [5, 5.41) is 4.04. The maximum absolute atomic E-state index is 11.2. The van der Waals surface area contributed by atoms with Crippen molar-refractivity contribution in [2.45, 2.75) is 13.0 Å². The lowest BCUT2D eigenvalue weighted by Gasteiger charge is -2.14. The SMILES string of the molecule is COCC(CNc1cc(N)c(C(C)=O)s1)OC. The Hall–Kier alpha value is -1.11. The Balaban J connectivity index is 2.57. The van der Waals surface area contributed by atoms with Crippen LogP contribution in [-0.2, 0) is 9.47 Å². The molecule has 3 N–H and O–H groups in total. The van der Waals surface area contributed by atoms with Crippen LogP contribution in [0.25, 0.3) is 0 Å². The zero-order chi connectivity index (χ0) is 12.8. The molecule has 1 heterocycles. The molecule has 1 unspecified atom stereocenters. The van der Waals surface area contributed by atoms with Crippen molar-refractivity contribution in [3.8, 4) is 0 Å². The van der Waals surface area contributed by atoms with Crippen LogP contribution >= 0.6 is 11.3 Å². The van der Waals surface area contributed by atoms with Crippen molar-refractivity contribution in [1.29, 1.82) is 0 Å². The van der Waals surface area contributed by atoms with E-state index in [1.165, 1.54) is 18.3 Å². The van der Waals surface area contributed by atoms with E-state index < -0.39 is 0 Å². The second-order valence-electron chi connectivity index (χ2n) is 3.65. The number of Topliss-reactive ketones (excluding diaryl/α,β-unsaturated/α-hetero) is 1. The molecule has 1 aromatic heterocycles. The maximum atomic E-state index is 11.2. The second kappa shape index (κ2) is 6.58. The third-order valence-electron chi connectivity index (χ3n) is 2.27. The summed E-state index contributed by atoms with van der Waals surface area (Å²) < 4.78 is 10.2. The van der Waals surface area contributed by atoms with Crippen molar-refractivity contribution in [3.05, 3.63) is 10.9 Å². The van der Waals surface area contributed by atoms with Crippen molar-refractivity contribution in [1.82, 2.24) is 0 Å². The van der Waals surface area contributed by atoms with E-state index in [2.05, 4.69) is 5.32 Å². The lowest BCUT2D eigenvalue weighted by molar-refractivity contribution is 0.0366. The summed E-state index contributed by atoms with van der Waals surface area (Å²) in [6.07, 6.45) is -0.0240. The molecule has 0 amide bonds. The van der Waals surface area contributed by atoms with Gasteiger partial charge in [-0.1, -0.05) is 0 Å². The number of ketones is 1. The van der Waals surface area contributed by atoms with Gasteiger partial charge in [0.1, 0.15) is 0 Å². The van der Waals surface area contributed by atoms with Crippen LogP contribution in [0.5, 0.6) is 0 Å². The third-order valence-corrected chi connectivity index (χ3v) is 3.48. The molecule has 17 heavy (non-hydrogen) atoms.